The summed E-state index contributed by atoms with van der Waals surface area (Å²) in [5, 5.41) is 17.0. The van der Waals surface area contributed by atoms with E-state index in [1.165, 1.54) is 6.20 Å². The van der Waals surface area contributed by atoms with Crippen LogP contribution in [-0.4, -0.2) is 28.3 Å². The van der Waals surface area contributed by atoms with Gasteiger partial charge in [-0.05, 0) is 6.92 Å². The van der Waals surface area contributed by atoms with E-state index in [4.69, 9.17) is 9.63 Å². The molecule has 1 heterocycles. The maximum Gasteiger partial charge on any atom is 0.315 e. The van der Waals surface area contributed by atoms with Gasteiger partial charge in [-0.1, -0.05) is 5.16 Å². The third-order valence-electron chi connectivity index (χ3n) is 1.77. The summed E-state index contributed by atoms with van der Waals surface area (Å²) in [4.78, 5) is 21.6. The maximum atomic E-state index is 11.3. The van der Waals surface area contributed by atoms with E-state index in [1.807, 2.05) is 0 Å². The van der Waals surface area contributed by atoms with E-state index in [0.29, 0.717) is 5.76 Å². The maximum absolute atomic E-state index is 11.3. The number of carbonyl (C=O) groups excluding carboxylic acids is 1. The van der Waals surface area contributed by atoms with Gasteiger partial charge in [0, 0.05) is 12.1 Å². The predicted molar refractivity (Wildman–Crippen MR) is 53.6 cm³/mol. The summed E-state index contributed by atoms with van der Waals surface area (Å²) in [5.74, 6) is -0.427. The van der Waals surface area contributed by atoms with Gasteiger partial charge in [0.15, 0.2) is 5.76 Å². The van der Waals surface area contributed by atoms with Crippen molar-refractivity contribution in [2.45, 2.75) is 25.9 Å². The molecule has 0 radical (unpaired) electrons. The van der Waals surface area contributed by atoms with Crippen LogP contribution in [0.4, 0.5) is 4.79 Å². The summed E-state index contributed by atoms with van der Waals surface area (Å²) in [5.41, 5.74) is 0. The number of rotatable bonds is 5. The van der Waals surface area contributed by atoms with E-state index in [1.54, 1.807) is 13.0 Å². The van der Waals surface area contributed by atoms with Crippen molar-refractivity contribution in [3.8, 4) is 0 Å². The summed E-state index contributed by atoms with van der Waals surface area (Å²) >= 11 is 0. The molecule has 0 aliphatic carbocycles. The van der Waals surface area contributed by atoms with Crippen molar-refractivity contribution in [3.63, 3.8) is 0 Å². The number of carboxylic acid groups (broad SMARTS) is 1. The van der Waals surface area contributed by atoms with Gasteiger partial charge < -0.3 is 20.3 Å². The number of urea groups is 1. The van der Waals surface area contributed by atoms with E-state index in [2.05, 4.69) is 15.8 Å². The van der Waals surface area contributed by atoms with Crippen LogP contribution in [-0.2, 0) is 11.3 Å². The highest BCUT2D eigenvalue weighted by Crippen LogP contribution is 1.95. The highest BCUT2D eigenvalue weighted by atomic mass is 16.5. The number of carbonyl (C=O) groups is 2. The number of aliphatic carboxylic acids is 1. The third-order valence-corrected chi connectivity index (χ3v) is 1.77. The van der Waals surface area contributed by atoms with Crippen LogP contribution in [0.3, 0.4) is 0 Å². The lowest BCUT2D eigenvalue weighted by molar-refractivity contribution is -0.137. The van der Waals surface area contributed by atoms with E-state index >= 15 is 0 Å². The Morgan fingerprint density at radius 2 is 2.38 bits per heavy atom. The molecule has 0 aliphatic rings. The second-order valence-corrected chi connectivity index (χ2v) is 3.30. The van der Waals surface area contributed by atoms with Gasteiger partial charge in [0.1, 0.15) is 0 Å². The Labute approximate surface area is 91.8 Å². The zero-order chi connectivity index (χ0) is 12.0. The fraction of sp³-hybridized carbons (Fsp3) is 0.444. The van der Waals surface area contributed by atoms with Crippen LogP contribution in [0.2, 0.25) is 0 Å². The van der Waals surface area contributed by atoms with Crippen LogP contribution in [0.1, 0.15) is 19.1 Å². The Balaban J connectivity index is 2.23. The number of nitrogens with zero attached hydrogens (tertiary/aromatic N) is 1. The van der Waals surface area contributed by atoms with Crippen LogP contribution in [0, 0.1) is 0 Å². The van der Waals surface area contributed by atoms with Gasteiger partial charge in [0.25, 0.3) is 0 Å². The Morgan fingerprint density at radius 1 is 1.62 bits per heavy atom. The van der Waals surface area contributed by atoms with Crippen LogP contribution < -0.4 is 10.6 Å². The molecule has 1 atom stereocenters. The van der Waals surface area contributed by atoms with Crippen molar-refractivity contribution in [1.82, 2.24) is 15.8 Å². The van der Waals surface area contributed by atoms with Crippen LogP contribution in [0.25, 0.3) is 0 Å². The lowest BCUT2D eigenvalue weighted by Crippen LogP contribution is -2.41. The topological polar surface area (TPSA) is 104 Å². The van der Waals surface area contributed by atoms with Crippen LogP contribution in [0.5, 0.6) is 0 Å². The highest BCUT2D eigenvalue weighted by molar-refractivity contribution is 5.75. The monoisotopic (exact) mass is 227 g/mol. The largest absolute Gasteiger partial charge is 0.481 e. The zero-order valence-corrected chi connectivity index (χ0v) is 8.77. The molecule has 3 N–H and O–H groups in total. The lowest BCUT2D eigenvalue weighted by atomic mass is 10.2. The number of amides is 2. The first-order chi connectivity index (χ1) is 7.58. The Kier molecular flexibility index (Phi) is 4.31. The van der Waals surface area contributed by atoms with Gasteiger partial charge in [-0.2, -0.15) is 0 Å². The molecular formula is C9H13N3O4. The first-order valence-electron chi connectivity index (χ1n) is 4.73. The quantitative estimate of drug-likeness (QED) is 0.672. The van der Waals surface area contributed by atoms with Gasteiger partial charge >= 0.3 is 12.0 Å². The van der Waals surface area contributed by atoms with Crippen LogP contribution >= 0.6 is 0 Å². The fourth-order valence-corrected chi connectivity index (χ4v) is 1.09. The van der Waals surface area contributed by atoms with Crippen LogP contribution in [0.15, 0.2) is 16.8 Å². The molecule has 16 heavy (non-hydrogen) atoms. The minimum Gasteiger partial charge on any atom is -0.481 e. The Bertz CT molecular complexity index is 350. The third kappa shape index (κ3) is 4.45. The first-order valence-corrected chi connectivity index (χ1v) is 4.73. The normalized spacial score (nSPS) is 11.8. The Hall–Kier alpha value is -2.05. The molecule has 0 aliphatic heterocycles. The number of hydrogen-bond acceptors (Lipinski definition) is 4. The van der Waals surface area contributed by atoms with Crippen molar-refractivity contribution < 1.29 is 19.2 Å². The molecule has 7 heteroatoms. The molecule has 1 rings (SSSR count). The number of aromatic nitrogens is 1. The molecule has 0 saturated carbocycles. The summed E-state index contributed by atoms with van der Waals surface area (Å²) < 4.78 is 4.77. The molecule has 0 aromatic carbocycles. The molecule has 1 aromatic heterocycles. The second kappa shape index (κ2) is 5.74. The van der Waals surface area contributed by atoms with Gasteiger partial charge in [0.2, 0.25) is 0 Å². The number of nitrogens with one attached hydrogen (secondary N) is 2. The molecule has 1 aromatic rings. The van der Waals surface area contributed by atoms with Crippen molar-refractivity contribution in [2.75, 3.05) is 0 Å². The van der Waals surface area contributed by atoms with E-state index in [9.17, 15) is 9.59 Å². The smallest absolute Gasteiger partial charge is 0.315 e. The number of hydrogen-bond donors (Lipinski definition) is 3. The zero-order valence-electron chi connectivity index (χ0n) is 8.77. The molecular weight excluding hydrogens is 214 g/mol. The summed E-state index contributed by atoms with van der Waals surface area (Å²) in [6.45, 7) is 1.83. The molecule has 0 spiro atoms. The van der Waals surface area contributed by atoms with E-state index in [-0.39, 0.29) is 13.0 Å². The summed E-state index contributed by atoms with van der Waals surface area (Å²) in [7, 11) is 0. The summed E-state index contributed by atoms with van der Waals surface area (Å²) in [6.07, 6.45) is 1.36. The molecule has 0 fully saturated rings. The predicted octanol–water partition coefficient (Wildman–Crippen LogP) is 0.337. The minimum atomic E-state index is -0.956. The fourth-order valence-electron chi connectivity index (χ4n) is 1.09. The van der Waals surface area contributed by atoms with E-state index < -0.39 is 18.0 Å². The molecule has 1 unspecified atom stereocenters. The molecule has 88 valence electrons. The standard InChI is InChI=1S/C9H13N3O4/c1-6(4-8(13)14)12-9(15)10-5-7-2-3-11-16-7/h2-3,6H,4-5H2,1H3,(H,13,14)(H2,10,12,15). The van der Waals surface area contributed by atoms with Gasteiger partial charge in [-0.15, -0.1) is 0 Å². The molecule has 7 nitrogen and oxygen atoms in total. The second-order valence-electron chi connectivity index (χ2n) is 3.30. The first kappa shape index (κ1) is 12.0. The van der Waals surface area contributed by atoms with Gasteiger partial charge in [-0.25, -0.2) is 4.79 Å². The average molecular weight is 227 g/mol. The highest BCUT2D eigenvalue weighted by Gasteiger charge is 2.10. The van der Waals surface area contributed by atoms with Gasteiger partial charge in [0.05, 0.1) is 19.2 Å². The average Bonchev–Trinajstić information content (AvgIpc) is 2.65. The molecule has 0 saturated heterocycles. The minimum absolute atomic E-state index is 0.115. The summed E-state index contributed by atoms with van der Waals surface area (Å²) in [6, 6.07) is 0.762. The van der Waals surface area contributed by atoms with Crippen molar-refractivity contribution in [2.24, 2.45) is 0 Å². The molecule has 2 amide bonds. The number of carboxylic acids is 1. The van der Waals surface area contributed by atoms with Gasteiger partial charge in [-0.3, -0.25) is 4.79 Å². The van der Waals surface area contributed by atoms with E-state index in [0.717, 1.165) is 0 Å². The van der Waals surface area contributed by atoms with Crippen molar-refractivity contribution >= 4 is 12.0 Å². The van der Waals surface area contributed by atoms with Crippen molar-refractivity contribution in [3.05, 3.63) is 18.0 Å². The SMILES string of the molecule is CC(CC(=O)O)NC(=O)NCc1ccno1. The Morgan fingerprint density at radius 3 is 2.94 bits per heavy atom. The lowest BCUT2D eigenvalue weighted by Gasteiger charge is -2.11. The van der Waals surface area contributed by atoms with Crippen molar-refractivity contribution in [1.29, 1.82) is 0 Å². The molecule has 0 bridgehead atoms.